The molecule has 0 N–H and O–H groups in total. The van der Waals surface area contributed by atoms with Crippen LogP contribution in [0.15, 0.2) is 30.5 Å². The van der Waals surface area contributed by atoms with Crippen LogP contribution in [0, 0.1) is 17.0 Å². The number of aromatic nitrogens is 2. The van der Waals surface area contributed by atoms with E-state index in [4.69, 9.17) is 11.6 Å². The van der Waals surface area contributed by atoms with Crippen molar-refractivity contribution >= 4 is 23.2 Å². The molecule has 0 radical (unpaired) electrons. The fourth-order valence-electron chi connectivity index (χ4n) is 3.05. The highest BCUT2D eigenvalue weighted by Crippen LogP contribution is 2.17. The van der Waals surface area contributed by atoms with Crippen LogP contribution in [0.1, 0.15) is 11.3 Å². The maximum atomic E-state index is 12.5. The standard InChI is InChI=1S/C17H20ClN5O3/c1-13-16(23(25)26)10-19-22(13)12-17(24)21-7-5-20(6-8-21)11-14-3-2-4-15(18)9-14/h2-4,9-10H,5-8,11-12H2,1H3. The van der Waals surface area contributed by atoms with Gasteiger partial charge in [0, 0.05) is 37.7 Å². The second-order valence-corrected chi connectivity index (χ2v) is 6.75. The Morgan fingerprint density at radius 3 is 2.65 bits per heavy atom. The molecule has 2 aromatic rings. The van der Waals surface area contributed by atoms with Crippen molar-refractivity contribution in [1.29, 1.82) is 0 Å². The van der Waals surface area contributed by atoms with Gasteiger partial charge in [-0.25, -0.2) is 0 Å². The lowest BCUT2D eigenvalue weighted by Gasteiger charge is -2.34. The first-order chi connectivity index (χ1) is 12.4. The Kier molecular flexibility index (Phi) is 5.53. The van der Waals surface area contributed by atoms with E-state index < -0.39 is 4.92 Å². The van der Waals surface area contributed by atoms with Gasteiger partial charge in [-0.3, -0.25) is 24.5 Å². The van der Waals surface area contributed by atoms with E-state index in [0.717, 1.165) is 30.2 Å². The van der Waals surface area contributed by atoms with E-state index in [1.165, 1.54) is 10.9 Å². The summed E-state index contributed by atoms with van der Waals surface area (Å²) >= 11 is 6.02. The molecule has 3 rings (SSSR count). The summed E-state index contributed by atoms with van der Waals surface area (Å²) < 4.78 is 1.39. The number of benzene rings is 1. The van der Waals surface area contributed by atoms with Crippen LogP contribution >= 0.6 is 11.6 Å². The average Bonchev–Trinajstić information content (AvgIpc) is 2.96. The van der Waals surface area contributed by atoms with Crippen molar-refractivity contribution in [2.24, 2.45) is 0 Å². The Labute approximate surface area is 156 Å². The van der Waals surface area contributed by atoms with E-state index in [1.54, 1.807) is 11.8 Å². The van der Waals surface area contributed by atoms with E-state index in [1.807, 2.05) is 24.3 Å². The zero-order valence-electron chi connectivity index (χ0n) is 14.5. The molecule has 2 heterocycles. The van der Waals surface area contributed by atoms with Crippen molar-refractivity contribution in [3.63, 3.8) is 0 Å². The van der Waals surface area contributed by atoms with Crippen molar-refractivity contribution in [3.8, 4) is 0 Å². The summed E-state index contributed by atoms with van der Waals surface area (Å²) in [5.41, 5.74) is 1.48. The maximum Gasteiger partial charge on any atom is 0.309 e. The van der Waals surface area contributed by atoms with Gasteiger partial charge in [-0.2, -0.15) is 5.10 Å². The van der Waals surface area contributed by atoms with Crippen LogP contribution in [0.2, 0.25) is 5.02 Å². The Morgan fingerprint density at radius 2 is 2.04 bits per heavy atom. The van der Waals surface area contributed by atoms with Gasteiger partial charge in [0.15, 0.2) is 0 Å². The monoisotopic (exact) mass is 377 g/mol. The van der Waals surface area contributed by atoms with E-state index >= 15 is 0 Å². The van der Waals surface area contributed by atoms with Crippen LogP contribution in [-0.4, -0.2) is 56.6 Å². The fraction of sp³-hybridized carbons (Fsp3) is 0.412. The predicted molar refractivity (Wildman–Crippen MR) is 96.9 cm³/mol. The fourth-order valence-corrected chi connectivity index (χ4v) is 3.27. The number of nitrogens with zero attached hydrogens (tertiary/aromatic N) is 5. The first-order valence-corrected chi connectivity index (χ1v) is 8.73. The van der Waals surface area contributed by atoms with Crippen molar-refractivity contribution < 1.29 is 9.72 Å². The number of carbonyl (C=O) groups excluding carboxylic acids is 1. The van der Waals surface area contributed by atoms with Crippen LogP contribution in [0.25, 0.3) is 0 Å². The minimum absolute atomic E-state index is 0.0218. The molecule has 0 saturated carbocycles. The summed E-state index contributed by atoms with van der Waals surface area (Å²) in [4.78, 5) is 26.9. The molecule has 8 nitrogen and oxygen atoms in total. The van der Waals surface area contributed by atoms with Crippen LogP contribution < -0.4 is 0 Å². The molecule has 26 heavy (non-hydrogen) atoms. The van der Waals surface area contributed by atoms with Gasteiger partial charge in [0.05, 0.1) is 4.92 Å². The van der Waals surface area contributed by atoms with E-state index in [-0.39, 0.29) is 18.1 Å². The van der Waals surface area contributed by atoms with Gasteiger partial charge in [0.2, 0.25) is 5.91 Å². The number of piperazine rings is 1. The van der Waals surface area contributed by atoms with Crippen molar-refractivity contribution in [3.05, 3.63) is 56.9 Å². The van der Waals surface area contributed by atoms with Gasteiger partial charge in [-0.05, 0) is 24.6 Å². The average molecular weight is 378 g/mol. The molecule has 1 aliphatic heterocycles. The highest BCUT2D eigenvalue weighted by Gasteiger charge is 2.23. The molecule has 0 unspecified atom stereocenters. The molecule has 0 bridgehead atoms. The first kappa shape index (κ1) is 18.3. The smallest absolute Gasteiger partial charge is 0.309 e. The van der Waals surface area contributed by atoms with Gasteiger partial charge in [0.25, 0.3) is 0 Å². The minimum atomic E-state index is -0.488. The molecule has 1 aromatic carbocycles. The third-order valence-corrected chi connectivity index (χ3v) is 4.81. The normalized spacial score (nSPS) is 15.2. The lowest BCUT2D eigenvalue weighted by atomic mass is 10.2. The predicted octanol–water partition coefficient (Wildman–Crippen LogP) is 2.10. The van der Waals surface area contributed by atoms with Gasteiger partial charge in [0.1, 0.15) is 18.4 Å². The van der Waals surface area contributed by atoms with Gasteiger partial charge in [-0.1, -0.05) is 23.7 Å². The number of nitro groups is 1. The highest BCUT2D eigenvalue weighted by molar-refractivity contribution is 6.30. The molecule has 0 aliphatic carbocycles. The number of hydrogen-bond donors (Lipinski definition) is 0. The number of hydrogen-bond acceptors (Lipinski definition) is 5. The molecule has 1 aliphatic rings. The lowest BCUT2D eigenvalue weighted by molar-refractivity contribution is -0.385. The second-order valence-electron chi connectivity index (χ2n) is 6.32. The highest BCUT2D eigenvalue weighted by atomic mass is 35.5. The Morgan fingerprint density at radius 1 is 1.31 bits per heavy atom. The number of amides is 1. The van der Waals surface area contributed by atoms with Gasteiger partial charge < -0.3 is 4.90 Å². The molecular formula is C17H20ClN5O3. The van der Waals surface area contributed by atoms with Crippen molar-refractivity contribution in [2.75, 3.05) is 26.2 Å². The zero-order valence-corrected chi connectivity index (χ0v) is 15.2. The van der Waals surface area contributed by atoms with Crippen molar-refractivity contribution in [2.45, 2.75) is 20.0 Å². The summed E-state index contributed by atoms with van der Waals surface area (Å²) in [6, 6.07) is 7.77. The number of carbonyl (C=O) groups is 1. The summed E-state index contributed by atoms with van der Waals surface area (Å²) in [6.45, 7) is 5.22. The van der Waals surface area contributed by atoms with Crippen LogP contribution in [0.4, 0.5) is 5.69 Å². The summed E-state index contributed by atoms with van der Waals surface area (Å²) in [6.07, 6.45) is 1.19. The molecule has 9 heteroatoms. The van der Waals surface area contributed by atoms with Crippen LogP contribution in [0.3, 0.4) is 0 Å². The Balaban J connectivity index is 1.53. The van der Waals surface area contributed by atoms with Crippen LogP contribution in [-0.2, 0) is 17.9 Å². The van der Waals surface area contributed by atoms with E-state index in [0.29, 0.717) is 18.8 Å². The molecule has 0 atom stereocenters. The SMILES string of the molecule is Cc1c([N+](=O)[O-])cnn1CC(=O)N1CCN(Cc2cccc(Cl)c2)CC1. The quantitative estimate of drug-likeness (QED) is 0.588. The third-order valence-electron chi connectivity index (χ3n) is 4.58. The largest absolute Gasteiger partial charge is 0.339 e. The topological polar surface area (TPSA) is 84.5 Å². The molecule has 138 valence electrons. The zero-order chi connectivity index (χ0) is 18.7. The van der Waals surface area contributed by atoms with Crippen molar-refractivity contribution in [1.82, 2.24) is 19.6 Å². The minimum Gasteiger partial charge on any atom is -0.339 e. The summed E-state index contributed by atoms with van der Waals surface area (Å²) in [5.74, 6) is -0.0755. The molecule has 1 amide bonds. The maximum absolute atomic E-state index is 12.5. The number of halogens is 1. The molecule has 1 saturated heterocycles. The molecular weight excluding hydrogens is 358 g/mol. The van der Waals surface area contributed by atoms with Crippen LogP contribution in [0.5, 0.6) is 0 Å². The first-order valence-electron chi connectivity index (χ1n) is 8.35. The lowest BCUT2D eigenvalue weighted by Crippen LogP contribution is -2.49. The van der Waals surface area contributed by atoms with Gasteiger partial charge >= 0.3 is 5.69 Å². The third kappa shape index (κ3) is 4.20. The van der Waals surface area contributed by atoms with E-state index in [2.05, 4.69) is 10.00 Å². The number of rotatable bonds is 5. The molecule has 1 aromatic heterocycles. The molecule has 1 fully saturated rings. The summed E-state index contributed by atoms with van der Waals surface area (Å²) in [5, 5.41) is 15.6. The Hall–Kier alpha value is -2.45. The second kappa shape index (κ2) is 7.84. The molecule has 0 spiro atoms. The summed E-state index contributed by atoms with van der Waals surface area (Å²) in [7, 11) is 0. The van der Waals surface area contributed by atoms with E-state index in [9.17, 15) is 14.9 Å². The Bertz CT molecular complexity index is 814. The van der Waals surface area contributed by atoms with Gasteiger partial charge in [-0.15, -0.1) is 0 Å².